The molecule has 1 rings (SSSR count). The quantitative estimate of drug-likeness (QED) is 0.683. The van der Waals surface area contributed by atoms with Crippen LogP contribution in [0.3, 0.4) is 0 Å². The van der Waals surface area contributed by atoms with E-state index in [2.05, 4.69) is 5.32 Å². The minimum Gasteiger partial charge on any atom is -0.468 e. The van der Waals surface area contributed by atoms with E-state index in [4.69, 9.17) is 4.74 Å². The maximum Gasteiger partial charge on any atom is 0.323 e. The first-order valence-electron chi connectivity index (χ1n) is 5.46. The predicted octanol–water partition coefficient (Wildman–Crippen LogP) is 1.57. The van der Waals surface area contributed by atoms with E-state index in [9.17, 15) is 4.79 Å². The maximum atomic E-state index is 11.4. The Morgan fingerprint density at radius 1 is 1.50 bits per heavy atom. The van der Waals surface area contributed by atoms with Crippen LogP contribution in [0.4, 0.5) is 0 Å². The summed E-state index contributed by atoms with van der Waals surface area (Å²) in [6.45, 7) is 5.03. The minimum atomic E-state index is -0.140. The molecule has 3 heteroatoms. The second-order valence-electron chi connectivity index (χ2n) is 4.45. The molecule has 0 heterocycles. The van der Waals surface area contributed by atoms with Crippen LogP contribution in [0.1, 0.15) is 33.1 Å². The lowest BCUT2D eigenvalue weighted by Gasteiger charge is -2.28. The smallest absolute Gasteiger partial charge is 0.323 e. The molecule has 1 saturated carbocycles. The SMILES string of the molecule is COC(=O)C(NCC1CCC1)C(C)C. The highest BCUT2D eigenvalue weighted by Crippen LogP contribution is 2.25. The molecule has 0 aromatic carbocycles. The summed E-state index contributed by atoms with van der Waals surface area (Å²) < 4.78 is 4.76. The summed E-state index contributed by atoms with van der Waals surface area (Å²) in [6.07, 6.45) is 3.95. The summed E-state index contributed by atoms with van der Waals surface area (Å²) in [5.74, 6) is 0.933. The van der Waals surface area contributed by atoms with E-state index in [0.717, 1.165) is 12.5 Å². The molecule has 0 aromatic rings. The van der Waals surface area contributed by atoms with Crippen LogP contribution in [0.15, 0.2) is 0 Å². The molecule has 1 aliphatic rings. The van der Waals surface area contributed by atoms with Crippen molar-refractivity contribution in [3.63, 3.8) is 0 Å². The van der Waals surface area contributed by atoms with E-state index >= 15 is 0 Å². The van der Waals surface area contributed by atoms with Crippen LogP contribution in [0.5, 0.6) is 0 Å². The van der Waals surface area contributed by atoms with Crippen LogP contribution in [0.2, 0.25) is 0 Å². The Labute approximate surface area is 86.2 Å². The summed E-state index contributed by atoms with van der Waals surface area (Å²) in [5.41, 5.74) is 0. The second kappa shape index (κ2) is 5.35. The number of methoxy groups -OCH3 is 1. The topological polar surface area (TPSA) is 38.3 Å². The molecule has 0 radical (unpaired) electrons. The van der Waals surface area contributed by atoms with Gasteiger partial charge in [-0.1, -0.05) is 20.3 Å². The van der Waals surface area contributed by atoms with Gasteiger partial charge in [0.2, 0.25) is 0 Å². The molecule has 3 nitrogen and oxygen atoms in total. The molecule has 14 heavy (non-hydrogen) atoms. The zero-order chi connectivity index (χ0) is 10.6. The van der Waals surface area contributed by atoms with Gasteiger partial charge < -0.3 is 10.1 Å². The van der Waals surface area contributed by atoms with Gasteiger partial charge in [0.25, 0.3) is 0 Å². The molecule has 1 unspecified atom stereocenters. The van der Waals surface area contributed by atoms with Crippen molar-refractivity contribution in [3.05, 3.63) is 0 Å². The highest BCUT2D eigenvalue weighted by molar-refractivity contribution is 5.75. The van der Waals surface area contributed by atoms with Gasteiger partial charge in [-0.25, -0.2) is 0 Å². The molecule has 82 valence electrons. The van der Waals surface area contributed by atoms with Gasteiger partial charge in [0, 0.05) is 0 Å². The molecular weight excluding hydrogens is 178 g/mol. The van der Waals surface area contributed by atoms with E-state index < -0.39 is 0 Å². The molecule has 0 bridgehead atoms. The van der Waals surface area contributed by atoms with Gasteiger partial charge in [-0.2, -0.15) is 0 Å². The zero-order valence-electron chi connectivity index (χ0n) is 9.38. The summed E-state index contributed by atoms with van der Waals surface area (Å²) >= 11 is 0. The number of nitrogens with one attached hydrogen (secondary N) is 1. The average Bonchev–Trinajstić information content (AvgIpc) is 2.07. The summed E-state index contributed by atoms with van der Waals surface area (Å²) in [7, 11) is 1.45. The Kier molecular flexibility index (Phi) is 4.39. The Morgan fingerprint density at radius 3 is 2.50 bits per heavy atom. The second-order valence-corrected chi connectivity index (χ2v) is 4.45. The largest absolute Gasteiger partial charge is 0.468 e. The molecular formula is C11H21NO2. The number of carbonyl (C=O) groups is 1. The lowest BCUT2D eigenvalue weighted by molar-refractivity contribution is -0.144. The van der Waals surface area contributed by atoms with Crippen LogP contribution >= 0.6 is 0 Å². The van der Waals surface area contributed by atoms with Crippen molar-refractivity contribution in [1.82, 2.24) is 5.32 Å². The minimum absolute atomic E-state index is 0.138. The van der Waals surface area contributed by atoms with E-state index in [0.29, 0.717) is 5.92 Å². The van der Waals surface area contributed by atoms with Crippen molar-refractivity contribution in [1.29, 1.82) is 0 Å². The molecule has 1 N–H and O–H groups in total. The predicted molar refractivity (Wildman–Crippen MR) is 56.0 cm³/mol. The number of ether oxygens (including phenoxy) is 1. The first-order valence-corrected chi connectivity index (χ1v) is 5.46. The van der Waals surface area contributed by atoms with Gasteiger partial charge in [-0.3, -0.25) is 4.79 Å². The fraction of sp³-hybridized carbons (Fsp3) is 0.909. The monoisotopic (exact) mass is 199 g/mol. The van der Waals surface area contributed by atoms with Crippen LogP contribution in [-0.2, 0) is 9.53 Å². The normalized spacial score (nSPS) is 19.1. The average molecular weight is 199 g/mol. The fourth-order valence-corrected chi connectivity index (χ4v) is 1.71. The molecule has 0 aromatic heterocycles. The Hall–Kier alpha value is -0.570. The van der Waals surface area contributed by atoms with Gasteiger partial charge in [0.05, 0.1) is 7.11 Å². The van der Waals surface area contributed by atoms with Gasteiger partial charge in [-0.15, -0.1) is 0 Å². The van der Waals surface area contributed by atoms with Gasteiger partial charge in [0.15, 0.2) is 0 Å². The molecule has 1 atom stereocenters. The third-order valence-corrected chi connectivity index (χ3v) is 2.97. The summed E-state index contributed by atoms with van der Waals surface area (Å²) in [4.78, 5) is 11.4. The summed E-state index contributed by atoms with van der Waals surface area (Å²) in [5, 5.41) is 3.30. The van der Waals surface area contributed by atoms with Gasteiger partial charge in [0.1, 0.15) is 6.04 Å². The molecule has 0 saturated heterocycles. The fourth-order valence-electron chi connectivity index (χ4n) is 1.71. The van der Waals surface area contributed by atoms with Crippen molar-refractivity contribution >= 4 is 5.97 Å². The highest BCUT2D eigenvalue weighted by Gasteiger charge is 2.25. The lowest BCUT2D eigenvalue weighted by atomic mass is 9.85. The standard InChI is InChI=1S/C11H21NO2/c1-8(2)10(11(13)14-3)12-7-9-5-4-6-9/h8-10,12H,4-7H2,1-3H3. The number of rotatable bonds is 5. The van der Waals surface area contributed by atoms with Crippen LogP contribution in [-0.4, -0.2) is 25.7 Å². The number of hydrogen-bond acceptors (Lipinski definition) is 3. The van der Waals surface area contributed by atoms with Gasteiger partial charge in [-0.05, 0) is 31.2 Å². The van der Waals surface area contributed by atoms with Crippen LogP contribution in [0, 0.1) is 11.8 Å². The lowest BCUT2D eigenvalue weighted by Crippen LogP contribution is -2.44. The van der Waals surface area contributed by atoms with Crippen molar-refractivity contribution in [3.8, 4) is 0 Å². The van der Waals surface area contributed by atoms with Crippen molar-refractivity contribution in [2.45, 2.75) is 39.2 Å². The number of hydrogen-bond donors (Lipinski definition) is 1. The maximum absolute atomic E-state index is 11.4. The Bertz CT molecular complexity index is 188. The van der Waals surface area contributed by atoms with Crippen LogP contribution in [0.25, 0.3) is 0 Å². The first kappa shape index (κ1) is 11.5. The van der Waals surface area contributed by atoms with Crippen molar-refractivity contribution < 1.29 is 9.53 Å². The molecule has 0 aliphatic heterocycles. The van der Waals surface area contributed by atoms with Crippen LogP contribution < -0.4 is 5.32 Å². The van der Waals surface area contributed by atoms with E-state index in [-0.39, 0.29) is 12.0 Å². The highest BCUT2D eigenvalue weighted by atomic mass is 16.5. The van der Waals surface area contributed by atoms with Crippen molar-refractivity contribution in [2.75, 3.05) is 13.7 Å². The molecule has 1 aliphatic carbocycles. The molecule has 1 fully saturated rings. The zero-order valence-corrected chi connectivity index (χ0v) is 9.38. The number of esters is 1. The summed E-state index contributed by atoms with van der Waals surface area (Å²) in [6, 6.07) is -0.138. The third kappa shape index (κ3) is 2.98. The molecule has 0 spiro atoms. The molecule has 0 amide bonds. The van der Waals surface area contributed by atoms with E-state index in [1.54, 1.807) is 0 Å². The van der Waals surface area contributed by atoms with Crippen molar-refractivity contribution in [2.24, 2.45) is 11.8 Å². The van der Waals surface area contributed by atoms with Gasteiger partial charge >= 0.3 is 5.97 Å². The van der Waals surface area contributed by atoms with E-state index in [1.165, 1.54) is 26.4 Å². The Balaban J connectivity index is 2.30. The van der Waals surface area contributed by atoms with E-state index in [1.807, 2.05) is 13.8 Å². The number of carbonyl (C=O) groups excluding carboxylic acids is 1. The Morgan fingerprint density at radius 2 is 2.14 bits per heavy atom. The first-order chi connectivity index (χ1) is 6.65. The third-order valence-electron chi connectivity index (χ3n) is 2.97.